The van der Waals surface area contributed by atoms with Crippen LogP contribution in [-0.4, -0.2) is 51.4 Å². The van der Waals surface area contributed by atoms with Gasteiger partial charge in [0.25, 0.3) is 0 Å². The summed E-state index contributed by atoms with van der Waals surface area (Å²) in [5.74, 6) is 0. The van der Waals surface area contributed by atoms with Crippen molar-refractivity contribution in [3.8, 4) is 0 Å². The summed E-state index contributed by atoms with van der Waals surface area (Å²) >= 11 is 0. The summed E-state index contributed by atoms with van der Waals surface area (Å²) in [5.41, 5.74) is 1.09. The molecule has 0 aliphatic carbocycles. The smallest absolute Gasteiger partial charge is 0 e. The Kier molecular flexibility index (Phi) is 27.5. The molecule has 27 heavy (non-hydrogen) atoms. The van der Waals surface area contributed by atoms with E-state index < -0.39 is 0 Å². The molecule has 161 valence electrons. The Labute approximate surface area is 218 Å². The number of hydrogen-bond acceptors (Lipinski definition) is 0. The fourth-order valence-electron chi connectivity index (χ4n) is 3.22. The Bertz CT molecular complexity index is 228. The van der Waals surface area contributed by atoms with E-state index in [1.165, 1.54) is 103 Å². The van der Waals surface area contributed by atoms with Crippen molar-refractivity contribution in [2.75, 3.05) is 0 Å². The van der Waals surface area contributed by atoms with E-state index in [1.807, 2.05) is 0 Å². The summed E-state index contributed by atoms with van der Waals surface area (Å²) in [6, 6.07) is 0. The summed E-state index contributed by atoms with van der Waals surface area (Å²) in [5, 5.41) is 0. The Morgan fingerprint density at radius 1 is 0.370 bits per heavy atom. The minimum Gasteiger partial charge on any atom is -0.0654 e. The second-order valence-corrected chi connectivity index (χ2v) is 10.9. The molecule has 1 heteroatoms. The molecule has 1 radical (unpaired) electrons. The fourth-order valence-corrected chi connectivity index (χ4v) is 3.22. The maximum atomic E-state index is 2.34. The maximum absolute atomic E-state index is 2.34. The standard InChI is InChI=1S/2C13H28.K/c2*1-5-6-7-8-9-10-11-12-13(2,3)4;/h2*5-12H2,1-4H3;. The predicted molar refractivity (Wildman–Crippen MR) is 130 cm³/mol. The summed E-state index contributed by atoms with van der Waals surface area (Å²) in [6.07, 6.45) is 22.8. The number of unbranched alkanes of at least 4 members (excludes halogenated alkanes) is 12. The van der Waals surface area contributed by atoms with E-state index in [1.54, 1.807) is 0 Å². The van der Waals surface area contributed by atoms with Crippen molar-refractivity contribution in [3.63, 3.8) is 0 Å². The molecule has 0 rings (SSSR count). The van der Waals surface area contributed by atoms with Crippen LogP contribution in [0, 0.1) is 10.8 Å². The average molecular weight is 408 g/mol. The number of hydrogen-bond donors (Lipinski definition) is 0. The van der Waals surface area contributed by atoms with Crippen LogP contribution in [0.1, 0.15) is 158 Å². The molecule has 0 aliphatic heterocycles. The van der Waals surface area contributed by atoms with Crippen LogP contribution in [0.15, 0.2) is 0 Å². The van der Waals surface area contributed by atoms with Crippen LogP contribution < -0.4 is 0 Å². The van der Waals surface area contributed by atoms with Crippen LogP contribution in [0.3, 0.4) is 0 Å². The van der Waals surface area contributed by atoms with Crippen LogP contribution in [0.2, 0.25) is 0 Å². The van der Waals surface area contributed by atoms with Crippen LogP contribution in [0.5, 0.6) is 0 Å². The second kappa shape index (κ2) is 22.3. The zero-order chi connectivity index (χ0) is 20.3. The largest absolute Gasteiger partial charge is 0.0654 e. The molecule has 0 heterocycles. The van der Waals surface area contributed by atoms with Gasteiger partial charge in [0.1, 0.15) is 0 Å². The summed E-state index contributed by atoms with van der Waals surface area (Å²) in [4.78, 5) is 0. The van der Waals surface area contributed by atoms with Crippen molar-refractivity contribution < 1.29 is 0 Å². The monoisotopic (exact) mass is 407 g/mol. The van der Waals surface area contributed by atoms with Crippen LogP contribution in [-0.2, 0) is 0 Å². The van der Waals surface area contributed by atoms with Gasteiger partial charge in [0.15, 0.2) is 0 Å². The zero-order valence-electron chi connectivity index (χ0n) is 21.3. The van der Waals surface area contributed by atoms with Gasteiger partial charge in [0.05, 0.1) is 0 Å². The third kappa shape index (κ3) is 38.8. The molecular weight excluding hydrogens is 351 g/mol. The molecule has 0 atom stereocenters. The SMILES string of the molecule is CCCCCCCCCC(C)(C)C.CCCCCCCCCC(C)(C)C.[K]. The van der Waals surface area contributed by atoms with E-state index in [2.05, 4.69) is 55.4 Å². The molecule has 0 saturated carbocycles. The van der Waals surface area contributed by atoms with Crippen molar-refractivity contribution in [2.45, 2.75) is 158 Å². The van der Waals surface area contributed by atoms with Crippen LogP contribution >= 0.6 is 0 Å². The molecule has 0 N–H and O–H groups in total. The molecule has 0 nitrogen and oxygen atoms in total. The van der Waals surface area contributed by atoms with E-state index >= 15 is 0 Å². The number of rotatable bonds is 14. The van der Waals surface area contributed by atoms with E-state index in [4.69, 9.17) is 0 Å². The van der Waals surface area contributed by atoms with Gasteiger partial charge >= 0.3 is 0 Å². The van der Waals surface area contributed by atoms with Gasteiger partial charge in [0.2, 0.25) is 0 Å². The minimum atomic E-state index is 0. The van der Waals surface area contributed by atoms with Crippen LogP contribution in [0.4, 0.5) is 0 Å². The first-order valence-corrected chi connectivity index (χ1v) is 12.1. The summed E-state index contributed by atoms with van der Waals surface area (Å²) in [7, 11) is 0. The Hall–Kier alpha value is 1.64. The van der Waals surface area contributed by atoms with Crippen molar-refractivity contribution in [1.82, 2.24) is 0 Å². The van der Waals surface area contributed by atoms with E-state index in [9.17, 15) is 0 Å². The fraction of sp³-hybridized carbons (Fsp3) is 1.00. The quantitative estimate of drug-likeness (QED) is 0.198. The molecule has 0 saturated heterocycles. The molecule has 0 aromatic rings. The Morgan fingerprint density at radius 3 is 0.815 bits per heavy atom. The molecule has 0 aliphatic rings. The predicted octanol–water partition coefficient (Wildman–Crippen LogP) is 9.97. The first kappa shape index (κ1) is 33.3. The molecule has 0 spiro atoms. The van der Waals surface area contributed by atoms with E-state index in [-0.39, 0.29) is 51.4 Å². The second-order valence-electron chi connectivity index (χ2n) is 10.9. The van der Waals surface area contributed by atoms with Gasteiger partial charge in [-0.3, -0.25) is 0 Å². The first-order valence-electron chi connectivity index (χ1n) is 12.1. The van der Waals surface area contributed by atoms with Gasteiger partial charge in [-0.05, 0) is 23.7 Å². The normalized spacial score (nSPS) is 11.6. The van der Waals surface area contributed by atoms with E-state index in [0.29, 0.717) is 10.8 Å². The molecule has 0 bridgehead atoms. The van der Waals surface area contributed by atoms with Gasteiger partial charge in [-0.1, -0.05) is 145 Å². The van der Waals surface area contributed by atoms with Crippen molar-refractivity contribution in [1.29, 1.82) is 0 Å². The molecule has 0 amide bonds. The van der Waals surface area contributed by atoms with Gasteiger partial charge in [-0.2, -0.15) is 0 Å². The van der Waals surface area contributed by atoms with Crippen molar-refractivity contribution in [3.05, 3.63) is 0 Å². The maximum Gasteiger partial charge on any atom is 0 e. The molecule has 0 aromatic carbocycles. The molecule has 0 unspecified atom stereocenters. The third-order valence-electron chi connectivity index (χ3n) is 5.06. The molecule has 0 aromatic heterocycles. The minimum absolute atomic E-state index is 0. The zero-order valence-corrected chi connectivity index (χ0v) is 24.4. The van der Waals surface area contributed by atoms with Gasteiger partial charge in [0, 0.05) is 51.4 Å². The summed E-state index contributed by atoms with van der Waals surface area (Å²) in [6.45, 7) is 18.6. The first-order chi connectivity index (χ1) is 12.1. The third-order valence-corrected chi connectivity index (χ3v) is 5.06. The summed E-state index contributed by atoms with van der Waals surface area (Å²) < 4.78 is 0. The van der Waals surface area contributed by atoms with Crippen molar-refractivity contribution >= 4 is 51.4 Å². The molecule has 0 fully saturated rings. The Balaban J connectivity index is -0.000000411. The van der Waals surface area contributed by atoms with E-state index in [0.717, 1.165) is 0 Å². The molecular formula is C26H56K. The van der Waals surface area contributed by atoms with Gasteiger partial charge in [-0.15, -0.1) is 0 Å². The topological polar surface area (TPSA) is 0 Å². The van der Waals surface area contributed by atoms with Gasteiger partial charge in [-0.25, -0.2) is 0 Å². The van der Waals surface area contributed by atoms with Crippen LogP contribution in [0.25, 0.3) is 0 Å². The Morgan fingerprint density at radius 2 is 0.593 bits per heavy atom. The van der Waals surface area contributed by atoms with Crippen molar-refractivity contribution in [2.24, 2.45) is 10.8 Å². The average Bonchev–Trinajstić information content (AvgIpc) is 2.52. The van der Waals surface area contributed by atoms with Gasteiger partial charge < -0.3 is 0 Å².